The van der Waals surface area contributed by atoms with Crippen molar-refractivity contribution in [3.8, 4) is 0 Å². The van der Waals surface area contributed by atoms with Crippen molar-refractivity contribution in [3.63, 3.8) is 0 Å². The van der Waals surface area contributed by atoms with Gasteiger partial charge in [0.2, 0.25) is 0 Å². The molecule has 0 aliphatic rings. The van der Waals surface area contributed by atoms with E-state index in [0.717, 1.165) is 22.8 Å². The summed E-state index contributed by atoms with van der Waals surface area (Å²) in [4.78, 5) is 12.6. The zero-order valence-electron chi connectivity index (χ0n) is 22.0. The molecule has 36 heavy (non-hydrogen) atoms. The molecule has 2 nitrogen and oxygen atoms in total. The van der Waals surface area contributed by atoms with Gasteiger partial charge in [0.1, 0.15) is 0 Å². The van der Waals surface area contributed by atoms with Gasteiger partial charge in [-0.3, -0.25) is 9.98 Å². The van der Waals surface area contributed by atoms with E-state index in [9.17, 15) is 0 Å². The Bertz CT molecular complexity index is 1310. The van der Waals surface area contributed by atoms with E-state index in [0.29, 0.717) is 0 Å². The van der Waals surface area contributed by atoms with Crippen LogP contribution in [0.15, 0.2) is 58.5 Å². The summed E-state index contributed by atoms with van der Waals surface area (Å²) in [6.07, 6.45) is 0. The minimum atomic E-state index is 0.194. The van der Waals surface area contributed by atoms with Crippen LogP contribution in [0.1, 0.15) is 57.0 Å². The van der Waals surface area contributed by atoms with Crippen LogP contribution in [-0.4, -0.2) is 11.4 Å². The van der Waals surface area contributed by atoms with E-state index in [1.807, 2.05) is 0 Å². The molecule has 0 radical (unpaired) electrons. The first kappa shape index (κ1) is 28.6. The van der Waals surface area contributed by atoms with Crippen LogP contribution in [-0.2, 0) is 13.1 Å². The molecule has 0 fully saturated rings. The Morgan fingerprint density at radius 3 is 1.25 bits per heavy atom. The number of aryl methyl sites for hydroxylation is 6. The molecule has 1 heterocycles. The molecular formula is C30H32Cl2FeN2S. The van der Waals surface area contributed by atoms with E-state index < -0.39 is 0 Å². The van der Waals surface area contributed by atoms with Crippen molar-refractivity contribution < 1.29 is 13.1 Å². The number of hydrogen-bond acceptors (Lipinski definition) is 3. The van der Waals surface area contributed by atoms with Crippen molar-refractivity contribution in [2.45, 2.75) is 55.4 Å². The standard InChI is InChI=1S/C30H32N2S.2ClH.Fe/c1-17-13-19(3)27(20(4)14-17)31-23(7)29-25-11-9-10-12-26(25)30(33-29)24(8)32-28-21(5)15-18(2)16-22(28)6;;;/h9-16H,1-8H3;2*1H;/q;;;+2/p-2. The third-order valence-electron chi connectivity index (χ3n) is 6.11. The molecule has 4 aromatic rings. The van der Waals surface area contributed by atoms with Crippen molar-refractivity contribution in [1.29, 1.82) is 0 Å². The summed E-state index contributed by atoms with van der Waals surface area (Å²) in [6.45, 7) is 17.1. The van der Waals surface area contributed by atoms with Gasteiger partial charge in [-0.05, 0) is 77.6 Å². The molecule has 0 amide bonds. The second-order valence-electron chi connectivity index (χ2n) is 9.25. The molecule has 0 spiro atoms. The van der Waals surface area contributed by atoms with E-state index in [1.165, 1.54) is 53.9 Å². The number of benzene rings is 3. The van der Waals surface area contributed by atoms with E-state index >= 15 is 0 Å². The number of hydrogen-bond donors (Lipinski definition) is 0. The molecule has 0 unspecified atom stereocenters. The number of rotatable bonds is 4. The predicted molar refractivity (Wildman–Crippen MR) is 159 cm³/mol. The van der Waals surface area contributed by atoms with Gasteiger partial charge in [-0.15, -0.1) is 11.3 Å². The van der Waals surface area contributed by atoms with Gasteiger partial charge >= 0.3 is 33.3 Å². The summed E-state index contributed by atoms with van der Waals surface area (Å²) in [5.74, 6) is 0. The topological polar surface area (TPSA) is 24.7 Å². The van der Waals surface area contributed by atoms with E-state index in [-0.39, 0.29) is 13.1 Å². The third kappa shape index (κ3) is 6.48. The first-order valence-electron chi connectivity index (χ1n) is 11.7. The maximum absolute atomic E-state index is 5.10. The number of halogens is 2. The average Bonchev–Trinajstić information content (AvgIpc) is 3.19. The monoisotopic (exact) mass is 578 g/mol. The van der Waals surface area contributed by atoms with Gasteiger partial charge in [-0.25, -0.2) is 0 Å². The van der Waals surface area contributed by atoms with Crippen LogP contribution in [0, 0.1) is 41.5 Å². The molecule has 0 saturated carbocycles. The molecule has 190 valence electrons. The molecule has 6 heteroatoms. The molecule has 3 aromatic carbocycles. The van der Waals surface area contributed by atoms with Gasteiger partial charge in [0.25, 0.3) is 0 Å². The van der Waals surface area contributed by atoms with Crippen molar-refractivity contribution in [2.24, 2.45) is 9.98 Å². The van der Waals surface area contributed by atoms with Crippen LogP contribution in [0.4, 0.5) is 11.4 Å². The van der Waals surface area contributed by atoms with Crippen LogP contribution in [0.2, 0.25) is 0 Å². The predicted octanol–water partition coefficient (Wildman–Crippen LogP) is 10.4. The fraction of sp³-hybridized carbons (Fsp3) is 0.267. The summed E-state index contributed by atoms with van der Waals surface area (Å²) in [5, 5.41) is 2.49. The summed E-state index contributed by atoms with van der Waals surface area (Å²) in [6, 6.07) is 17.5. The van der Waals surface area contributed by atoms with Gasteiger partial charge in [0.15, 0.2) is 0 Å². The fourth-order valence-electron chi connectivity index (χ4n) is 4.76. The summed E-state index contributed by atoms with van der Waals surface area (Å²) in [5.41, 5.74) is 11.7. The van der Waals surface area contributed by atoms with Crippen LogP contribution in [0.5, 0.6) is 0 Å². The quantitative estimate of drug-likeness (QED) is 0.170. The third-order valence-corrected chi connectivity index (χ3v) is 7.55. The minimum absolute atomic E-state index is 0.194. The SMILES string of the molecule is CC(=Nc1c(C)cc(C)cc1C)c1sc(C(C)=Nc2c(C)cc(C)cc2C)c2ccccc12.[Cl][Fe][Cl]. The zero-order chi connectivity index (χ0) is 26.6. The molecule has 0 saturated heterocycles. The average molecular weight is 579 g/mol. The molecule has 1 aromatic heterocycles. The molecule has 0 aliphatic heterocycles. The summed E-state index contributed by atoms with van der Waals surface area (Å²) in [7, 11) is 9.53. The van der Waals surface area contributed by atoms with E-state index in [2.05, 4.69) is 104 Å². The second kappa shape index (κ2) is 12.5. The maximum atomic E-state index is 5.10. The van der Waals surface area contributed by atoms with Gasteiger partial charge in [-0.1, -0.05) is 59.7 Å². The van der Waals surface area contributed by atoms with Crippen LogP contribution >= 0.6 is 31.5 Å². The Balaban J connectivity index is 0.00000115. The van der Waals surface area contributed by atoms with E-state index in [4.69, 9.17) is 30.2 Å². The molecule has 0 aliphatic carbocycles. The Morgan fingerprint density at radius 2 is 0.944 bits per heavy atom. The van der Waals surface area contributed by atoms with Gasteiger partial charge in [-0.2, -0.15) is 0 Å². The van der Waals surface area contributed by atoms with Crippen LogP contribution in [0.3, 0.4) is 0 Å². The first-order chi connectivity index (χ1) is 17.1. The summed E-state index contributed by atoms with van der Waals surface area (Å²) >= 11 is 1.99. The Hall–Kier alpha value is -1.94. The Kier molecular flexibility index (Phi) is 9.97. The van der Waals surface area contributed by atoms with Gasteiger partial charge in [0, 0.05) is 10.8 Å². The van der Waals surface area contributed by atoms with E-state index in [1.54, 1.807) is 11.3 Å². The normalized spacial score (nSPS) is 12.2. The van der Waals surface area contributed by atoms with Crippen molar-refractivity contribution in [2.75, 3.05) is 0 Å². The van der Waals surface area contributed by atoms with Gasteiger partial charge < -0.3 is 0 Å². The van der Waals surface area contributed by atoms with Crippen molar-refractivity contribution >= 4 is 65.1 Å². The summed E-state index contributed by atoms with van der Waals surface area (Å²) < 4.78 is 0. The van der Waals surface area contributed by atoms with Crippen LogP contribution < -0.4 is 0 Å². The fourth-order valence-corrected chi connectivity index (χ4v) is 5.93. The van der Waals surface area contributed by atoms with Gasteiger partial charge in [0.05, 0.1) is 32.6 Å². The molecule has 0 atom stereocenters. The second-order valence-corrected chi connectivity index (χ2v) is 12.1. The zero-order valence-corrected chi connectivity index (χ0v) is 25.5. The Morgan fingerprint density at radius 1 is 0.639 bits per heavy atom. The number of nitrogens with zero attached hydrogens (tertiary/aromatic N) is 2. The number of thiophene rings is 1. The Labute approximate surface area is 234 Å². The molecule has 4 rings (SSSR count). The van der Waals surface area contributed by atoms with Crippen LogP contribution in [0.25, 0.3) is 10.8 Å². The molecule has 0 N–H and O–H groups in total. The number of aliphatic imine (C=N–C) groups is 2. The van der Waals surface area contributed by atoms with Crippen molar-refractivity contribution in [1.82, 2.24) is 0 Å². The molecule has 0 bridgehead atoms. The molecular weight excluding hydrogens is 547 g/mol. The first-order valence-corrected chi connectivity index (χ1v) is 15.6. The number of fused-ring (bicyclic) bond motifs is 1. The van der Waals surface area contributed by atoms with Crippen molar-refractivity contribution in [3.05, 3.63) is 91.7 Å².